The van der Waals surface area contributed by atoms with E-state index in [1.807, 2.05) is 0 Å². The SMILES string of the molecule is COc1cc(O)c(C=O)c2occc12. The van der Waals surface area contributed by atoms with Gasteiger partial charge in [-0.3, -0.25) is 4.79 Å². The highest BCUT2D eigenvalue weighted by atomic mass is 16.5. The first-order chi connectivity index (χ1) is 6.77. The molecule has 1 aromatic carbocycles. The minimum atomic E-state index is -0.140. The van der Waals surface area contributed by atoms with E-state index in [9.17, 15) is 9.90 Å². The van der Waals surface area contributed by atoms with Crippen molar-refractivity contribution in [3.05, 3.63) is 24.0 Å². The van der Waals surface area contributed by atoms with Gasteiger partial charge in [0, 0.05) is 6.07 Å². The second kappa shape index (κ2) is 3.06. The average Bonchev–Trinajstić information content (AvgIpc) is 2.65. The van der Waals surface area contributed by atoms with Gasteiger partial charge in [0.15, 0.2) is 11.9 Å². The Morgan fingerprint density at radius 2 is 2.36 bits per heavy atom. The van der Waals surface area contributed by atoms with Crippen molar-refractivity contribution >= 4 is 17.3 Å². The molecule has 1 heterocycles. The second-order valence-electron chi connectivity index (χ2n) is 2.79. The lowest BCUT2D eigenvalue weighted by atomic mass is 10.1. The van der Waals surface area contributed by atoms with E-state index in [1.165, 1.54) is 19.4 Å². The zero-order chi connectivity index (χ0) is 10.1. The average molecular weight is 192 g/mol. The summed E-state index contributed by atoms with van der Waals surface area (Å²) in [5.41, 5.74) is 0.489. The third-order valence-electron chi connectivity index (χ3n) is 2.06. The first-order valence-corrected chi connectivity index (χ1v) is 4.00. The number of phenolic OH excluding ortho intramolecular Hbond substituents is 1. The summed E-state index contributed by atoms with van der Waals surface area (Å²) in [4.78, 5) is 10.7. The summed E-state index contributed by atoms with van der Waals surface area (Å²) in [5, 5.41) is 10.1. The minimum Gasteiger partial charge on any atom is -0.507 e. The van der Waals surface area contributed by atoms with E-state index < -0.39 is 0 Å². The molecule has 4 heteroatoms. The number of methoxy groups -OCH3 is 1. The Balaban J connectivity index is 2.88. The Labute approximate surface area is 79.7 Å². The van der Waals surface area contributed by atoms with Crippen LogP contribution in [-0.4, -0.2) is 18.5 Å². The Kier molecular flexibility index (Phi) is 1.89. The molecule has 0 aliphatic rings. The quantitative estimate of drug-likeness (QED) is 0.739. The van der Waals surface area contributed by atoms with Crippen molar-refractivity contribution in [3.63, 3.8) is 0 Å². The van der Waals surface area contributed by atoms with Gasteiger partial charge >= 0.3 is 0 Å². The number of rotatable bonds is 2. The molecule has 0 atom stereocenters. The molecule has 0 saturated carbocycles. The molecule has 2 rings (SSSR count). The van der Waals surface area contributed by atoms with Crippen molar-refractivity contribution in [1.29, 1.82) is 0 Å². The van der Waals surface area contributed by atoms with E-state index in [0.29, 0.717) is 23.0 Å². The van der Waals surface area contributed by atoms with Crippen molar-refractivity contribution in [2.45, 2.75) is 0 Å². The van der Waals surface area contributed by atoms with E-state index in [2.05, 4.69) is 0 Å². The molecule has 0 saturated heterocycles. The molecule has 0 aliphatic carbocycles. The highest BCUT2D eigenvalue weighted by Crippen LogP contribution is 2.34. The zero-order valence-electron chi connectivity index (χ0n) is 7.48. The number of phenols is 1. The molecule has 0 bridgehead atoms. The monoisotopic (exact) mass is 192 g/mol. The third-order valence-corrected chi connectivity index (χ3v) is 2.06. The van der Waals surface area contributed by atoms with Crippen LogP contribution >= 0.6 is 0 Å². The van der Waals surface area contributed by atoms with Gasteiger partial charge in [-0.15, -0.1) is 0 Å². The number of ether oxygens (including phenoxy) is 1. The lowest BCUT2D eigenvalue weighted by Crippen LogP contribution is -1.87. The highest BCUT2D eigenvalue weighted by Gasteiger charge is 2.13. The molecular formula is C10H8O4. The van der Waals surface area contributed by atoms with Gasteiger partial charge in [-0.1, -0.05) is 0 Å². The van der Waals surface area contributed by atoms with Crippen LogP contribution in [0.2, 0.25) is 0 Å². The molecule has 0 aliphatic heterocycles. The molecule has 72 valence electrons. The van der Waals surface area contributed by atoms with Crippen molar-refractivity contribution in [1.82, 2.24) is 0 Å². The predicted octanol–water partition coefficient (Wildman–Crippen LogP) is 1.96. The fraction of sp³-hybridized carbons (Fsp3) is 0.100. The van der Waals surface area contributed by atoms with E-state index in [1.54, 1.807) is 6.07 Å². The van der Waals surface area contributed by atoms with Crippen LogP contribution in [-0.2, 0) is 0 Å². The van der Waals surface area contributed by atoms with Gasteiger partial charge in [0.25, 0.3) is 0 Å². The predicted molar refractivity (Wildman–Crippen MR) is 49.8 cm³/mol. The van der Waals surface area contributed by atoms with Crippen LogP contribution in [0.1, 0.15) is 10.4 Å². The first kappa shape index (κ1) is 8.62. The number of aromatic hydroxyl groups is 1. The number of hydrogen-bond acceptors (Lipinski definition) is 4. The van der Waals surface area contributed by atoms with E-state index >= 15 is 0 Å². The van der Waals surface area contributed by atoms with Crippen LogP contribution in [0.5, 0.6) is 11.5 Å². The molecule has 4 nitrogen and oxygen atoms in total. The molecule has 1 aromatic heterocycles. The zero-order valence-corrected chi connectivity index (χ0v) is 7.48. The molecule has 0 fully saturated rings. The van der Waals surface area contributed by atoms with Crippen LogP contribution in [0.4, 0.5) is 0 Å². The molecule has 0 unspecified atom stereocenters. The number of fused-ring (bicyclic) bond motifs is 1. The minimum absolute atomic E-state index is 0.140. The van der Waals surface area contributed by atoms with Gasteiger partial charge in [0.1, 0.15) is 11.5 Å². The topological polar surface area (TPSA) is 59.7 Å². The summed E-state index contributed by atoms with van der Waals surface area (Å²) in [6.07, 6.45) is 2.00. The lowest BCUT2D eigenvalue weighted by Gasteiger charge is -2.04. The number of carbonyl (C=O) groups is 1. The fourth-order valence-electron chi connectivity index (χ4n) is 1.39. The van der Waals surface area contributed by atoms with Crippen LogP contribution < -0.4 is 4.74 Å². The number of furan rings is 1. The van der Waals surface area contributed by atoms with Gasteiger partial charge in [-0.05, 0) is 6.07 Å². The third kappa shape index (κ3) is 1.04. The van der Waals surface area contributed by atoms with Gasteiger partial charge < -0.3 is 14.3 Å². The summed E-state index contributed by atoms with van der Waals surface area (Å²) in [6, 6.07) is 3.07. The van der Waals surface area contributed by atoms with E-state index in [-0.39, 0.29) is 11.3 Å². The Hall–Kier alpha value is -1.97. The fourth-order valence-corrected chi connectivity index (χ4v) is 1.39. The highest BCUT2D eigenvalue weighted by molar-refractivity contribution is 6.00. The van der Waals surface area contributed by atoms with Crippen LogP contribution in [0.25, 0.3) is 11.0 Å². The lowest BCUT2D eigenvalue weighted by molar-refractivity contribution is 0.112. The number of aldehydes is 1. The summed E-state index contributed by atoms with van der Waals surface area (Å²) in [5.74, 6) is 0.344. The molecular weight excluding hydrogens is 184 g/mol. The largest absolute Gasteiger partial charge is 0.507 e. The van der Waals surface area contributed by atoms with Crippen molar-refractivity contribution < 1.29 is 19.1 Å². The van der Waals surface area contributed by atoms with Crippen LogP contribution in [0, 0.1) is 0 Å². The summed E-state index contributed by atoms with van der Waals surface area (Å²) >= 11 is 0. The molecule has 0 amide bonds. The molecule has 2 aromatic rings. The van der Waals surface area contributed by atoms with Crippen molar-refractivity contribution in [3.8, 4) is 11.5 Å². The van der Waals surface area contributed by atoms with Crippen molar-refractivity contribution in [2.75, 3.05) is 7.11 Å². The summed E-state index contributed by atoms with van der Waals surface area (Å²) in [6.45, 7) is 0. The Bertz CT molecular complexity index is 484. The second-order valence-corrected chi connectivity index (χ2v) is 2.79. The molecule has 0 radical (unpaired) electrons. The van der Waals surface area contributed by atoms with Gasteiger partial charge in [0.2, 0.25) is 0 Å². The van der Waals surface area contributed by atoms with E-state index in [4.69, 9.17) is 9.15 Å². The van der Waals surface area contributed by atoms with Crippen LogP contribution in [0.15, 0.2) is 22.8 Å². The van der Waals surface area contributed by atoms with Gasteiger partial charge in [-0.2, -0.15) is 0 Å². The molecule has 14 heavy (non-hydrogen) atoms. The van der Waals surface area contributed by atoms with Crippen LogP contribution in [0.3, 0.4) is 0 Å². The standard InChI is InChI=1S/C10H8O4/c1-13-9-4-8(12)7(5-11)10-6(9)2-3-14-10/h2-5,12H,1H3. The van der Waals surface area contributed by atoms with Gasteiger partial charge in [0.05, 0.1) is 24.3 Å². The van der Waals surface area contributed by atoms with E-state index in [0.717, 1.165) is 0 Å². The normalized spacial score (nSPS) is 10.4. The summed E-state index contributed by atoms with van der Waals surface area (Å²) < 4.78 is 10.1. The Morgan fingerprint density at radius 3 is 3.00 bits per heavy atom. The molecule has 0 spiro atoms. The number of carbonyl (C=O) groups excluding carboxylic acids is 1. The first-order valence-electron chi connectivity index (χ1n) is 4.00. The smallest absolute Gasteiger partial charge is 0.157 e. The maximum Gasteiger partial charge on any atom is 0.157 e. The number of hydrogen-bond donors (Lipinski definition) is 1. The summed E-state index contributed by atoms with van der Waals surface area (Å²) in [7, 11) is 1.49. The molecule has 1 N–H and O–H groups in total. The Morgan fingerprint density at radius 1 is 1.57 bits per heavy atom. The number of benzene rings is 1. The maximum atomic E-state index is 10.7. The maximum absolute atomic E-state index is 10.7. The van der Waals surface area contributed by atoms with Crippen molar-refractivity contribution in [2.24, 2.45) is 0 Å². The van der Waals surface area contributed by atoms with Gasteiger partial charge in [-0.25, -0.2) is 0 Å².